The molecule has 1 N–H and O–H groups in total. The predicted molar refractivity (Wildman–Crippen MR) is 124 cm³/mol. The van der Waals surface area contributed by atoms with Crippen molar-refractivity contribution in [1.29, 1.82) is 0 Å². The molecular weight excluding hydrogens is 467 g/mol. The summed E-state index contributed by atoms with van der Waals surface area (Å²) in [6.45, 7) is 4.96. The largest absolute Gasteiger partial charge is 0.462 e. The van der Waals surface area contributed by atoms with Crippen LogP contribution >= 0.6 is 11.6 Å². The molecular formula is C25H25ClF3N3O2. The van der Waals surface area contributed by atoms with Crippen LogP contribution in [0.5, 0.6) is 5.88 Å². The maximum Gasteiger partial charge on any atom is 0.417 e. The van der Waals surface area contributed by atoms with Gasteiger partial charge in [0.15, 0.2) is 5.60 Å². The first-order valence-electron chi connectivity index (χ1n) is 10.6. The summed E-state index contributed by atoms with van der Waals surface area (Å²) in [7, 11) is 0. The Balaban J connectivity index is 1.73. The Morgan fingerprint density at radius 2 is 1.79 bits per heavy atom. The summed E-state index contributed by atoms with van der Waals surface area (Å²) < 4.78 is 43.9. The second kappa shape index (κ2) is 10.4. The summed E-state index contributed by atoms with van der Waals surface area (Å²) in [5.74, 6) is -0.601. The van der Waals surface area contributed by atoms with E-state index in [0.29, 0.717) is 17.6 Å². The van der Waals surface area contributed by atoms with Crippen LogP contribution < -0.4 is 10.1 Å². The SMILES string of the molecule is CC(NC(=O)C(C)(C)Oc1ccc(C(F)(F)F)cn1)C(Cc1ccc(Cl)cc1)c1cccnc1. The molecule has 0 aliphatic rings. The lowest BCUT2D eigenvalue weighted by Crippen LogP contribution is -2.51. The third kappa shape index (κ3) is 6.70. The van der Waals surface area contributed by atoms with Crippen LogP contribution in [0.25, 0.3) is 0 Å². The van der Waals surface area contributed by atoms with Crippen LogP contribution in [0.1, 0.15) is 43.4 Å². The van der Waals surface area contributed by atoms with Crippen LogP contribution in [0, 0.1) is 0 Å². The standard InChI is InChI=1S/C25H25ClF3N3O2/c1-16(21(18-5-4-12-30-14-18)13-17-6-9-20(26)10-7-17)32-23(33)24(2,3)34-22-11-8-19(15-31-22)25(27,28)29/h4-12,14-16,21H,13H2,1-3H3,(H,32,33). The van der Waals surface area contributed by atoms with E-state index in [-0.39, 0.29) is 17.8 Å². The number of pyridine rings is 2. The highest BCUT2D eigenvalue weighted by atomic mass is 35.5. The van der Waals surface area contributed by atoms with Crippen LogP contribution in [-0.4, -0.2) is 27.5 Å². The lowest BCUT2D eigenvalue weighted by Gasteiger charge is -2.30. The fourth-order valence-electron chi connectivity index (χ4n) is 3.45. The third-order valence-corrected chi connectivity index (χ3v) is 5.67. The molecule has 5 nitrogen and oxygen atoms in total. The number of hydrogen-bond donors (Lipinski definition) is 1. The van der Waals surface area contributed by atoms with Gasteiger partial charge in [0.25, 0.3) is 5.91 Å². The Bertz CT molecular complexity index is 1090. The van der Waals surface area contributed by atoms with E-state index in [2.05, 4.69) is 15.3 Å². The van der Waals surface area contributed by atoms with Gasteiger partial charge in [0.2, 0.25) is 5.88 Å². The molecule has 0 saturated heterocycles. The summed E-state index contributed by atoms with van der Waals surface area (Å²) in [4.78, 5) is 21.0. The van der Waals surface area contributed by atoms with E-state index >= 15 is 0 Å². The number of rotatable bonds is 8. The van der Waals surface area contributed by atoms with E-state index in [1.165, 1.54) is 13.8 Å². The molecule has 0 saturated carbocycles. The zero-order valence-electron chi connectivity index (χ0n) is 18.9. The fraction of sp³-hybridized carbons (Fsp3) is 0.320. The van der Waals surface area contributed by atoms with Crippen LogP contribution in [0.2, 0.25) is 5.02 Å². The molecule has 2 heterocycles. The second-order valence-electron chi connectivity index (χ2n) is 8.48. The average molecular weight is 492 g/mol. The van der Waals surface area contributed by atoms with Gasteiger partial charge in [0.05, 0.1) is 5.56 Å². The number of nitrogens with one attached hydrogen (secondary N) is 1. The van der Waals surface area contributed by atoms with Crippen LogP contribution in [0.4, 0.5) is 13.2 Å². The van der Waals surface area contributed by atoms with Crippen molar-refractivity contribution in [3.63, 3.8) is 0 Å². The molecule has 0 bridgehead atoms. The van der Waals surface area contributed by atoms with Gasteiger partial charge in [-0.05, 0) is 62.6 Å². The number of ether oxygens (including phenoxy) is 1. The van der Waals surface area contributed by atoms with E-state index in [1.54, 1.807) is 12.4 Å². The number of carbonyl (C=O) groups is 1. The summed E-state index contributed by atoms with van der Waals surface area (Å²) in [5.41, 5.74) is -0.268. The van der Waals surface area contributed by atoms with Gasteiger partial charge >= 0.3 is 6.18 Å². The Morgan fingerprint density at radius 3 is 2.35 bits per heavy atom. The molecule has 3 rings (SSSR count). The number of carbonyl (C=O) groups excluding carboxylic acids is 1. The first kappa shape index (κ1) is 25.5. The van der Waals surface area contributed by atoms with Gasteiger partial charge in [-0.3, -0.25) is 9.78 Å². The Kier molecular flexibility index (Phi) is 7.82. The molecule has 3 aromatic rings. The molecule has 0 spiro atoms. The fourth-order valence-corrected chi connectivity index (χ4v) is 3.58. The van der Waals surface area contributed by atoms with E-state index in [0.717, 1.165) is 23.3 Å². The number of nitrogens with zero attached hydrogens (tertiary/aromatic N) is 2. The maximum atomic E-state index is 13.1. The first-order valence-corrected chi connectivity index (χ1v) is 11.0. The normalized spacial score (nSPS) is 13.7. The van der Waals surface area contributed by atoms with Crippen molar-refractivity contribution < 1.29 is 22.7 Å². The number of amides is 1. The molecule has 0 aliphatic carbocycles. The van der Waals surface area contributed by atoms with Crippen molar-refractivity contribution >= 4 is 17.5 Å². The molecule has 34 heavy (non-hydrogen) atoms. The van der Waals surface area contributed by atoms with Crippen molar-refractivity contribution in [3.05, 3.63) is 88.8 Å². The van der Waals surface area contributed by atoms with Gasteiger partial charge in [-0.25, -0.2) is 4.98 Å². The molecule has 0 radical (unpaired) electrons. The minimum atomic E-state index is -4.50. The van der Waals surface area contributed by atoms with Gasteiger partial charge in [-0.2, -0.15) is 13.2 Å². The highest BCUT2D eigenvalue weighted by Crippen LogP contribution is 2.30. The Labute approximate surface area is 201 Å². The van der Waals surface area contributed by atoms with E-state index < -0.39 is 23.2 Å². The number of benzene rings is 1. The molecule has 1 amide bonds. The molecule has 0 aliphatic heterocycles. The topological polar surface area (TPSA) is 64.1 Å². The number of aromatic nitrogens is 2. The molecule has 2 atom stereocenters. The van der Waals surface area contributed by atoms with E-state index in [1.807, 2.05) is 43.3 Å². The van der Waals surface area contributed by atoms with Crippen molar-refractivity contribution in [3.8, 4) is 5.88 Å². The second-order valence-corrected chi connectivity index (χ2v) is 8.92. The zero-order chi connectivity index (χ0) is 24.9. The minimum Gasteiger partial charge on any atom is -0.462 e. The molecule has 2 unspecified atom stereocenters. The first-order chi connectivity index (χ1) is 16.0. The number of hydrogen-bond acceptors (Lipinski definition) is 4. The molecule has 2 aromatic heterocycles. The van der Waals surface area contributed by atoms with Crippen LogP contribution in [0.15, 0.2) is 67.1 Å². The predicted octanol–water partition coefficient (Wildman–Crippen LogP) is 5.84. The zero-order valence-corrected chi connectivity index (χ0v) is 19.7. The summed E-state index contributed by atoms with van der Waals surface area (Å²) >= 11 is 6.00. The minimum absolute atomic E-state index is 0.0780. The smallest absolute Gasteiger partial charge is 0.417 e. The Hall–Kier alpha value is -3.13. The van der Waals surface area contributed by atoms with Gasteiger partial charge < -0.3 is 10.1 Å². The van der Waals surface area contributed by atoms with Crippen molar-refractivity contribution in [2.24, 2.45) is 0 Å². The third-order valence-electron chi connectivity index (χ3n) is 5.41. The van der Waals surface area contributed by atoms with E-state index in [9.17, 15) is 18.0 Å². The highest BCUT2D eigenvalue weighted by Gasteiger charge is 2.34. The number of halogens is 4. The molecule has 9 heteroatoms. The molecule has 180 valence electrons. The summed E-state index contributed by atoms with van der Waals surface area (Å²) in [5, 5.41) is 3.62. The van der Waals surface area contributed by atoms with Crippen LogP contribution in [0.3, 0.4) is 0 Å². The number of alkyl halides is 3. The Morgan fingerprint density at radius 1 is 1.09 bits per heavy atom. The lowest BCUT2D eigenvalue weighted by molar-refractivity contribution is -0.138. The van der Waals surface area contributed by atoms with Gasteiger partial charge in [-0.15, -0.1) is 0 Å². The monoisotopic (exact) mass is 491 g/mol. The lowest BCUT2D eigenvalue weighted by atomic mass is 9.87. The quantitative estimate of drug-likeness (QED) is 0.430. The van der Waals surface area contributed by atoms with Gasteiger partial charge in [0, 0.05) is 41.6 Å². The molecule has 1 aromatic carbocycles. The van der Waals surface area contributed by atoms with E-state index in [4.69, 9.17) is 16.3 Å². The van der Waals surface area contributed by atoms with Gasteiger partial charge in [0.1, 0.15) is 0 Å². The highest BCUT2D eigenvalue weighted by molar-refractivity contribution is 6.30. The van der Waals surface area contributed by atoms with Crippen molar-refractivity contribution in [1.82, 2.24) is 15.3 Å². The van der Waals surface area contributed by atoms with Gasteiger partial charge in [-0.1, -0.05) is 29.8 Å². The molecule has 0 fully saturated rings. The van der Waals surface area contributed by atoms with Crippen molar-refractivity contribution in [2.45, 2.75) is 50.9 Å². The van der Waals surface area contributed by atoms with Crippen LogP contribution in [-0.2, 0) is 17.4 Å². The summed E-state index contributed by atoms with van der Waals surface area (Å²) in [6, 6.07) is 12.9. The maximum absolute atomic E-state index is 13.1. The summed E-state index contributed by atoms with van der Waals surface area (Å²) in [6.07, 6.45) is 0.249. The average Bonchev–Trinajstić information content (AvgIpc) is 2.78. The van der Waals surface area contributed by atoms with Crippen molar-refractivity contribution in [2.75, 3.05) is 0 Å².